The molecular weight excluding hydrogens is 364 g/mol. The standard InChI is InChI=1S/C22H24N6O/c29-22(20-8-4-3-7-19(20)21-23-25-26-24-21)27-13-10-18(11-14-27)28-12-9-16-5-1-2-6-17(16)15-28/h1-8,18H,9-15H2,(H,23,24,25,26). The number of tetrazole rings is 1. The van der Waals surface area contributed by atoms with Crippen LogP contribution in [-0.2, 0) is 13.0 Å². The molecule has 7 nitrogen and oxygen atoms in total. The molecular formula is C22H24N6O. The van der Waals surface area contributed by atoms with Gasteiger partial charge in [0.05, 0.1) is 5.56 Å². The fraction of sp³-hybridized carbons (Fsp3) is 0.364. The highest BCUT2D eigenvalue weighted by molar-refractivity contribution is 6.00. The molecule has 0 bridgehead atoms. The van der Waals surface area contributed by atoms with Gasteiger partial charge in [-0.05, 0) is 41.7 Å². The monoisotopic (exact) mass is 388 g/mol. The molecule has 148 valence electrons. The highest BCUT2D eigenvalue weighted by atomic mass is 16.2. The third-order valence-corrected chi connectivity index (χ3v) is 6.17. The molecule has 1 N–H and O–H groups in total. The van der Waals surface area contributed by atoms with Gasteiger partial charge in [0.1, 0.15) is 0 Å². The van der Waals surface area contributed by atoms with Crippen LogP contribution in [0.2, 0.25) is 0 Å². The average Bonchev–Trinajstić information content (AvgIpc) is 3.33. The van der Waals surface area contributed by atoms with Crippen LogP contribution in [-0.4, -0.2) is 62.0 Å². The van der Waals surface area contributed by atoms with Gasteiger partial charge >= 0.3 is 0 Å². The van der Waals surface area contributed by atoms with E-state index in [0.29, 0.717) is 17.4 Å². The SMILES string of the molecule is O=C(c1ccccc1-c1nn[nH]n1)N1CCC(N2CCc3ccccc3C2)CC1. The van der Waals surface area contributed by atoms with E-state index in [0.717, 1.165) is 51.0 Å². The topological polar surface area (TPSA) is 78.0 Å². The van der Waals surface area contributed by atoms with Crippen molar-refractivity contribution in [2.24, 2.45) is 0 Å². The van der Waals surface area contributed by atoms with Crippen molar-refractivity contribution in [1.82, 2.24) is 30.4 Å². The van der Waals surface area contributed by atoms with Gasteiger partial charge < -0.3 is 4.90 Å². The van der Waals surface area contributed by atoms with Crippen molar-refractivity contribution in [1.29, 1.82) is 0 Å². The number of likely N-dealkylation sites (tertiary alicyclic amines) is 1. The minimum Gasteiger partial charge on any atom is -0.339 e. The largest absolute Gasteiger partial charge is 0.339 e. The number of carbonyl (C=O) groups is 1. The van der Waals surface area contributed by atoms with E-state index in [1.807, 2.05) is 29.2 Å². The van der Waals surface area contributed by atoms with Gasteiger partial charge in [-0.1, -0.05) is 42.5 Å². The predicted octanol–water partition coefficient (Wildman–Crippen LogP) is 2.53. The summed E-state index contributed by atoms with van der Waals surface area (Å²) in [6.07, 6.45) is 3.14. The Balaban J connectivity index is 1.26. The Morgan fingerprint density at radius 2 is 1.72 bits per heavy atom. The molecule has 0 unspecified atom stereocenters. The van der Waals surface area contributed by atoms with Crippen molar-refractivity contribution in [2.75, 3.05) is 19.6 Å². The van der Waals surface area contributed by atoms with Gasteiger partial charge in [0, 0.05) is 37.8 Å². The number of hydrogen-bond acceptors (Lipinski definition) is 5. The predicted molar refractivity (Wildman–Crippen MR) is 109 cm³/mol. The number of aromatic amines is 1. The lowest BCUT2D eigenvalue weighted by atomic mass is 9.95. The van der Waals surface area contributed by atoms with Crippen molar-refractivity contribution in [3.8, 4) is 11.4 Å². The van der Waals surface area contributed by atoms with Crippen molar-refractivity contribution >= 4 is 5.91 Å². The molecule has 2 aromatic carbocycles. The zero-order valence-corrected chi connectivity index (χ0v) is 16.3. The molecule has 0 aliphatic carbocycles. The van der Waals surface area contributed by atoms with Gasteiger partial charge in [-0.3, -0.25) is 9.69 Å². The highest BCUT2D eigenvalue weighted by Gasteiger charge is 2.30. The zero-order chi connectivity index (χ0) is 19.6. The maximum atomic E-state index is 13.2. The van der Waals surface area contributed by atoms with E-state index in [1.165, 1.54) is 11.1 Å². The number of piperidine rings is 1. The number of benzene rings is 2. The first-order valence-electron chi connectivity index (χ1n) is 10.2. The van der Waals surface area contributed by atoms with Gasteiger partial charge in [-0.15, -0.1) is 10.2 Å². The summed E-state index contributed by atoms with van der Waals surface area (Å²) < 4.78 is 0. The summed E-state index contributed by atoms with van der Waals surface area (Å²) in [6, 6.07) is 16.8. The second kappa shape index (κ2) is 7.75. The van der Waals surface area contributed by atoms with Crippen LogP contribution in [0.5, 0.6) is 0 Å². The van der Waals surface area contributed by atoms with Gasteiger partial charge in [0.25, 0.3) is 5.91 Å². The maximum Gasteiger partial charge on any atom is 0.254 e. The van der Waals surface area contributed by atoms with Crippen LogP contribution in [0.25, 0.3) is 11.4 Å². The van der Waals surface area contributed by atoms with Crippen LogP contribution >= 0.6 is 0 Å². The Bertz CT molecular complexity index is 994. The molecule has 1 amide bonds. The van der Waals surface area contributed by atoms with Crippen LogP contribution in [0.4, 0.5) is 0 Å². The van der Waals surface area contributed by atoms with E-state index >= 15 is 0 Å². The van der Waals surface area contributed by atoms with E-state index in [2.05, 4.69) is 49.8 Å². The number of fused-ring (bicyclic) bond motifs is 1. The summed E-state index contributed by atoms with van der Waals surface area (Å²) in [6.45, 7) is 3.69. The first kappa shape index (κ1) is 18.0. The molecule has 3 heterocycles. The van der Waals surface area contributed by atoms with Crippen LogP contribution in [0.1, 0.15) is 34.3 Å². The molecule has 1 fully saturated rings. The summed E-state index contributed by atoms with van der Waals surface area (Å²) in [7, 11) is 0. The van der Waals surface area contributed by atoms with E-state index in [-0.39, 0.29) is 5.91 Å². The Labute approximate surface area is 169 Å². The first-order chi connectivity index (χ1) is 14.3. The minimum atomic E-state index is 0.0489. The minimum absolute atomic E-state index is 0.0489. The zero-order valence-electron chi connectivity index (χ0n) is 16.3. The molecule has 2 aliphatic heterocycles. The molecule has 0 radical (unpaired) electrons. The number of aromatic nitrogens is 4. The van der Waals surface area contributed by atoms with E-state index in [9.17, 15) is 4.79 Å². The average molecular weight is 388 g/mol. The lowest BCUT2D eigenvalue weighted by Gasteiger charge is -2.40. The molecule has 0 atom stereocenters. The molecule has 3 aromatic rings. The Hall–Kier alpha value is -3.06. The van der Waals surface area contributed by atoms with Gasteiger partial charge in [0.2, 0.25) is 5.82 Å². The summed E-state index contributed by atoms with van der Waals surface area (Å²) in [5.41, 5.74) is 4.29. The van der Waals surface area contributed by atoms with Crippen molar-refractivity contribution in [3.63, 3.8) is 0 Å². The van der Waals surface area contributed by atoms with Gasteiger partial charge in [-0.25, -0.2) is 0 Å². The van der Waals surface area contributed by atoms with E-state index in [1.54, 1.807) is 0 Å². The molecule has 1 aromatic heterocycles. The lowest BCUT2D eigenvalue weighted by Crippen LogP contribution is -2.48. The first-order valence-corrected chi connectivity index (χ1v) is 10.2. The molecule has 0 saturated carbocycles. The molecule has 5 rings (SSSR count). The fourth-order valence-corrected chi connectivity index (χ4v) is 4.57. The number of hydrogen-bond donors (Lipinski definition) is 1. The lowest BCUT2D eigenvalue weighted by molar-refractivity contribution is 0.0600. The second-order valence-electron chi connectivity index (χ2n) is 7.79. The number of carbonyl (C=O) groups excluding carboxylic acids is 1. The summed E-state index contributed by atoms with van der Waals surface area (Å²) >= 11 is 0. The Kier molecular flexibility index (Phi) is 4.81. The molecule has 2 aliphatic rings. The summed E-state index contributed by atoms with van der Waals surface area (Å²) in [5, 5.41) is 14.2. The number of H-pyrrole nitrogens is 1. The normalized spacial score (nSPS) is 17.9. The number of amides is 1. The highest BCUT2D eigenvalue weighted by Crippen LogP contribution is 2.27. The molecule has 29 heavy (non-hydrogen) atoms. The van der Waals surface area contributed by atoms with Crippen LogP contribution in [0.3, 0.4) is 0 Å². The third-order valence-electron chi connectivity index (χ3n) is 6.17. The Morgan fingerprint density at radius 1 is 0.966 bits per heavy atom. The molecule has 1 saturated heterocycles. The third kappa shape index (κ3) is 3.53. The van der Waals surface area contributed by atoms with Crippen molar-refractivity contribution in [2.45, 2.75) is 31.8 Å². The second-order valence-corrected chi connectivity index (χ2v) is 7.79. The van der Waals surface area contributed by atoms with Crippen LogP contribution in [0, 0.1) is 0 Å². The van der Waals surface area contributed by atoms with Gasteiger partial charge in [0.15, 0.2) is 0 Å². The van der Waals surface area contributed by atoms with Crippen molar-refractivity contribution < 1.29 is 4.79 Å². The van der Waals surface area contributed by atoms with E-state index < -0.39 is 0 Å². The van der Waals surface area contributed by atoms with Gasteiger partial charge in [-0.2, -0.15) is 5.21 Å². The maximum absolute atomic E-state index is 13.2. The molecule has 0 spiro atoms. The smallest absolute Gasteiger partial charge is 0.254 e. The van der Waals surface area contributed by atoms with E-state index in [4.69, 9.17) is 0 Å². The Morgan fingerprint density at radius 3 is 2.52 bits per heavy atom. The summed E-state index contributed by atoms with van der Waals surface area (Å²) in [5.74, 6) is 0.503. The number of rotatable bonds is 3. The number of nitrogens with one attached hydrogen (secondary N) is 1. The molecule has 7 heteroatoms. The van der Waals surface area contributed by atoms with Crippen LogP contribution < -0.4 is 0 Å². The quantitative estimate of drug-likeness (QED) is 0.746. The fourth-order valence-electron chi connectivity index (χ4n) is 4.57. The summed E-state index contributed by atoms with van der Waals surface area (Å²) in [4.78, 5) is 17.7. The van der Waals surface area contributed by atoms with Crippen molar-refractivity contribution in [3.05, 3.63) is 65.2 Å². The number of nitrogens with zero attached hydrogens (tertiary/aromatic N) is 5. The van der Waals surface area contributed by atoms with Crippen LogP contribution in [0.15, 0.2) is 48.5 Å².